The van der Waals surface area contributed by atoms with Gasteiger partial charge < -0.3 is 9.52 Å². The summed E-state index contributed by atoms with van der Waals surface area (Å²) in [7, 11) is -3.60. The molecule has 2 atom stereocenters. The van der Waals surface area contributed by atoms with E-state index < -0.39 is 10.0 Å². The van der Waals surface area contributed by atoms with Crippen LogP contribution >= 0.6 is 11.8 Å². The van der Waals surface area contributed by atoms with Gasteiger partial charge in [-0.15, -0.1) is 0 Å². The van der Waals surface area contributed by atoms with Crippen LogP contribution in [0.2, 0.25) is 0 Å². The number of sulfonamides is 1. The highest BCUT2D eigenvalue weighted by Crippen LogP contribution is 2.29. The molecule has 0 saturated heterocycles. The Morgan fingerprint density at radius 2 is 2.28 bits per heavy atom. The van der Waals surface area contributed by atoms with Gasteiger partial charge in [-0.1, -0.05) is 0 Å². The summed E-state index contributed by atoms with van der Waals surface area (Å²) in [4.78, 5) is 0. The van der Waals surface area contributed by atoms with Crippen LogP contribution in [0.5, 0.6) is 0 Å². The van der Waals surface area contributed by atoms with E-state index in [1.54, 1.807) is 11.8 Å². The van der Waals surface area contributed by atoms with Gasteiger partial charge in [0.1, 0.15) is 12.4 Å². The smallest absolute Gasteiger partial charge is 0.274 e. The third-order valence-electron chi connectivity index (χ3n) is 3.10. The average molecular weight is 291 g/mol. The molecule has 2 rings (SSSR count). The van der Waals surface area contributed by atoms with Crippen molar-refractivity contribution in [1.82, 2.24) is 4.72 Å². The molecule has 1 fully saturated rings. The molecule has 102 valence electrons. The summed E-state index contributed by atoms with van der Waals surface area (Å²) >= 11 is 1.77. The van der Waals surface area contributed by atoms with Crippen LogP contribution < -0.4 is 4.72 Å². The third kappa shape index (κ3) is 3.09. The summed E-state index contributed by atoms with van der Waals surface area (Å²) in [5.74, 6) is 0.254. The maximum Gasteiger partial charge on any atom is 0.274 e. The van der Waals surface area contributed by atoms with E-state index in [1.807, 2.05) is 6.26 Å². The van der Waals surface area contributed by atoms with Gasteiger partial charge in [-0.2, -0.15) is 11.8 Å². The third-order valence-corrected chi connectivity index (χ3v) is 5.58. The highest BCUT2D eigenvalue weighted by molar-refractivity contribution is 7.99. The molecule has 1 heterocycles. The minimum atomic E-state index is -3.60. The van der Waals surface area contributed by atoms with Gasteiger partial charge in [0.2, 0.25) is 5.09 Å². The van der Waals surface area contributed by atoms with Crippen molar-refractivity contribution < 1.29 is 17.9 Å². The number of aliphatic hydroxyl groups is 1. The predicted octanol–water partition coefficient (Wildman–Crippen LogP) is 1.33. The number of aliphatic hydroxyl groups excluding tert-OH is 1. The first kappa shape index (κ1) is 13.9. The van der Waals surface area contributed by atoms with Crippen LogP contribution in [0.25, 0.3) is 0 Å². The van der Waals surface area contributed by atoms with Gasteiger partial charge in [0.15, 0.2) is 0 Å². The Labute approximate surface area is 111 Å². The van der Waals surface area contributed by atoms with E-state index in [0.717, 1.165) is 19.3 Å². The molecule has 7 heteroatoms. The molecule has 2 N–H and O–H groups in total. The van der Waals surface area contributed by atoms with Crippen LogP contribution in [0, 0.1) is 0 Å². The average Bonchev–Trinajstić information content (AvgIpc) is 2.96. The number of rotatable bonds is 5. The van der Waals surface area contributed by atoms with Crippen molar-refractivity contribution in [3.63, 3.8) is 0 Å². The molecular weight excluding hydrogens is 274 g/mol. The molecule has 0 aliphatic heterocycles. The van der Waals surface area contributed by atoms with Crippen LogP contribution in [0.15, 0.2) is 21.6 Å². The lowest BCUT2D eigenvalue weighted by Crippen LogP contribution is -2.32. The van der Waals surface area contributed by atoms with E-state index in [4.69, 9.17) is 9.52 Å². The molecule has 0 bridgehead atoms. The molecule has 18 heavy (non-hydrogen) atoms. The molecule has 1 aliphatic carbocycles. The molecule has 1 aromatic heterocycles. The topological polar surface area (TPSA) is 79.5 Å². The van der Waals surface area contributed by atoms with Crippen LogP contribution in [-0.2, 0) is 16.6 Å². The fourth-order valence-electron chi connectivity index (χ4n) is 2.13. The molecule has 1 aliphatic rings. The Kier molecular flexibility index (Phi) is 4.37. The zero-order valence-corrected chi connectivity index (χ0v) is 11.8. The van der Waals surface area contributed by atoms with Crippen LogP contribution in [0.1, 0.15) is 25.0 Å². The van der Waals surface area contributed by atoms with Crippen LogP contribution in [0.3, 0.4) is 0 Å². The Morgan fingerprint density at radius 3 is 2.83 bits per heavy atom. The van der Waals surface area contributed by atoms with Crippen molar-refractivity contribution in [3.05, 3.63) is 17.9 Å². The van der Waals surface area contributed by atoms with E-state index >= 15 is 0 Å². The second kappa shape index (κ2) is 5.64. The van der Waals surface area contributed by atoms with Crippen molar-refractivity contribution in [3.8, 4) is 0 Å². The summed E-state index contributed by atoms with van der Waals surface area (Å²) in [5, 5.41) is 9.26. The van der Waals surface area contributed by atoms with E-state index in [9.17, 15) is 8.42 Å². The molecule has 0 radical (unpaired) electrons. The van der Waals surface area contributed by atoms with E-state index in [-0.39, 0.29) is 23.5 Å². The molecule has 1 aromatic rings. The highest BCUT2D eigenvalue weighted by Gasteiger charge is 2.29. The monoisotopic (exact) mass is 291 g/mol. The summed E-state index contributed by atoms with van der Waals surface area (Å²) in [6.45, 7) is -0.298. The zero-order valence-electron chi connectivity index (χ0n) is 10.1. The normalized spacial score (nSPS) is 24.6. The standard InChI is InChI=1S/C11H17NO4S2/c1-17-10-4-2-8(6-10)12-18(14,15)11-5-3-9(7-13)16-11/h3,5,8,10,12-13H,2,4,6-7H2,1H3. The van der Waals surface area contributed by atoms with E-state index in [1.165, 1.54) is 12.1 Å². The highest BCUT2D eigenvalue weighted by atomic mass is 32.2. The lowest BCUT2D eigenvalue weighted by atomic mass is 10.3. The quantitative estimate of drug-likeness (QED) is 0.855. The Hall–Kier alpha value is -0.500. The number of furan rings is 1. The van der Waals surface area contributed by atoms with Crippen molar-refractivity contribution in [2.24, 2.45) is 0 Å². The Bertz CT molecular complexity index is 497. The van der Waals surface area contributed by atoms with E-state index in [0.29, 0.717) is 5.25 Å². The molecule has 0 amide bonds. The predicted molar refractivity (Wildman–Crippen MR) is 69.9 cm³/mol. The lowest BCUT2D eigenvalue weighted by molar-refractivity contribution is 0.236. The summed E-state index contributed by atoms with van der Waals surface area (Å²) < 4.78 is 31.8. The lowest BCUT2D eigenvalue weighted by Gasteiger charge is -2.11. The molecule has 5 nitrogen and oxygen atoms in total. The maximum atomic E-state index is 12.0. The van der Waals surface area contributed by atoms with Crippen molar-refractivity contribution in [2.45, 2.75) is 42.3 Å². The Morgan fingerprint density at radius 1 is 1.50 bits per heavy atom. The Balaban J connectivity index is 2.03. The van der Waals surface area contributed by atoms with Crippen molar-refractivity contribution >= 4 is 21.8 Å². The van der Waals surface area contributed by atoms with Crippen molar-refractivity contribution in [1.29, 1.82) is 0 Å². The number of nitrogens with one attached hydrogen (secondary N) is 1. The summed E-state index contributed by atoms with van der Waals surface area (Å²) in [5.41, 5.74) is 0. The van der Waals surface area contributed by atoms with Crippen LogP contribution in [-0.4, -0.2) is 31.1 Å². The number of thioether (sulfide) groups is 1. The van der Waals surface area contributed by atoms with Gasteiger partial charge in [-0.05, 0) is 37.7 Å². The zero-order chi connectivity index (χ0) is 13.2. The van der Waals surface area contributed by atoms with E-state index in [2.05, 4.69) is 4.72 Å². The summed E-state index contributed by atoms with van der Waals surface area (Å²) in [6.07, 6.45) is 4.79. The largest absolute Gasteiger partial charge is 0.446 e. The fourth-order valence-corrected chi connectivity index (χ4v) is 4.16. The molecule has 1 saturated carbocycles. The first-order chi connectivity index (χ1) is 8.55. The van der Waals surface area contributed by atoms with Gasteiger partial charge in [0.25, 0.3) is 10.0 Å². The summed E-state index contributed by atoms with van der Waals surface area (Å²) in [6, 6.07) is 2.82. The second-order valence-corrected chi connectivity index (χ2v) is 7.15. The minimum Gasteiger partial charge on any atom is -0.446 e. The van der Waals surface area contributed by atoms with Crippen molar-refractivity contribution in [2.75, 3.05) is 6.26 Å². The first-order valence-electron chi connectivity index (χ1n) is 5.80. The molecule has 0 spiro atoms. The second-order valence-electron chi connectivity index (χ2n) is 4.37. The molecular formula is C11H17NO4S2. The number of hydrogen-bond donors (Lipinski definition) is 2. The molecule has 0 aromatic carbocycles. The SMILES string of the molecule is CSC1CCC(NS(=O)(=O)c2ccc(CO)o2)C1. The minimum absolute atomic E-state index is 0.0184. The molecule has 2 unspecified atom stereocenters. The van der Waals surface area contributed by atoms with Gasteiger partial charge >= 0.3 is 0 Å². The van der Waals surface area contributed by atoms with Gasteiger partial charge in [-0.3, -0.25) is 0 Å². The maximum absolute atomic E-state index is 12.0. The fraction of sp³-hybridized carbons (Fsp3) is 0.636. The number of hydrogen-bond acceptors (Lipinski definition) is 5. The van der Waals surface area contributed by atoms with Crippen LogP contribution in [0.4, 0.5) is 0 Å². The van der Waals surface area contributed by atoms with Gasteiger partial charge in [-0.25, -0.2) is 13.1 Å². The van der Waals surface area contributed by atoms with Gasteiger partial charge in [0, 0.05) is 11.3 Å². The van der Waals surface area contributed by atoms with Gasteiger partial charge in [0.05, 0.1) is 0 Å². The first-order valence-corrected chi connectivity index (χ1v) is 8.57.